The number of hydrogen-bond donors (Lipinski definition) is 3. The lowest BCUT2D eigenvalue weighted by Gasteiger charge is -2.18. The van der Waals surface area contributed by atoms with Crippen LogP contribution in [0.25, 0.3) is 0 Å². The molecule has 1 aromatic carbocycles. The number of aliphatic hydroxyl groups excluding tert-OH is 1. The highest BCUT2D eigenvalue weighted by Gasteiger charge is 2.17. The highest BCUT2D eigenvalue weighted by Crippen LogP contribution is 2.19. The number of aliphatic hydroxyl groups is 1. The molecule has 20 heavy (non-hydrogen) atoms. The van der Waals surface area contributed by atoms with Crippen LogP contribution in [0.3, 0.4) is 0 Å². The van der Waals surface area contributed by atoms with Crippen molar-refractivity contribution in [2.24, 2.45) is 0 Å². The van der Waals surface area contributed by atoms with E-state index in [0.717, 1.165) is 5.56 Å². The quantitative estimate of drug-likeness (QED) is 0.743. The van der Waals surface area contributed by atoms with Gasteiger partial charge in [0.25, 0.3) is 0 Å². The molecule has 0 bridgehead atoms. The summed E-state index contributed by atoms with van der Waals surface area (Å²) < 4.78 is 0. The number of benzene rings is 1. The maximum Gasteiger partial charge on any atom is 0.222 e. The van der Waals surface area contributed by atoms with E-state index in [1.165, 1.54) is 6.92 Å². The van der Waals surface area contributed by atoms with E-state index in [1.54, 1.807) is 31.2 Å². The largest absolute Gasteiger partial charge is 0.392 e. The Bertz CT molecular complexity index is 460. The van der Waals surface area contributed by atoms with Gasteiger partial charge in [0.05, 0.1) is 18.6 Å². The maximum absolute atomic E-state index is 11.8. The molecular weight excluding hydrogens is 280 g/mol. The lowest BCUT2D eigenvalue weighted by molar-refractivity contribution is -0.123. The molecule has 6 heteroatoms. The molecule has 3 N–H and O–H groups in total. The number of nitrogens with one attached hydrogen (secondary N) is 2. The molecule has 110 valence electrons. The van der Waals surface area contributed by atoms with Gasteiger partial charge in [-0.15, -0.1) is 0 Å². The van der Waals surface area contributed by atoms with Gasteiger partial charge in [0.1, 0.15) is 0 Å². The summed E-state index contributed by atoms with van der Waals surface area (Å²) in [7, 11) is 0. The van der Waals surface area contributed by atoms with Crippen LogP contribution in [0.1, 0.15) is 31.9 Å². The highest BCUT2D eigenvalue weighted by molar-refractivity contribution is 6.30. The SMILES string of the molecule is CC(=O)NC(CC(=O)NCC(C)O)c1ccc(Cl)cc1. The van der Waals surface area contributed by atoms with Gasteiger partial charge in [-0.05, 0) is 24.6 Å². The van der Waals surface area contributed by atoms with Crippen molar-refractivity contribution in [2.45, 2.75) is 32.4 Å². The lowest BCUT2D eigenvalue weighted by atomic mass is 10.0. The molecule has 0 aliphatic rings. The van der Waals surface area contributed by atoms with E-state index >= 15 is 0 Å². The van der Waals surface area contributed by atoms with Gasteiger partial charge in [-0.25, -0.2) is 0 Å². The van der Waals surface area contributed by atoms with Gasteiger partial charge in [0.2, 0.25) is 11.8 Å². The summed E-state index contributed by atoms with van der Waals surface area (Å²) in [4.78, 5) is 23.0. The third kappa shape index (κ3) is 6.04. The van der Waals surface area contributed by atoms with Crippen molar-refractivity contribution >= 4 is 23.4 Å². The molecule has 0 aromatic heterocycles. The van der Waals surface area contributed by atoms with Gasteiger partial charge in [-0.1, -0.05) is 23.7 Å². The Labute approximate surface area is 123 Å². The van der Waals surface area contributed by atoms with Gasteiger partial charge in [-0.3, -0.25) is 9.59 Å². The number of halogens is 1. The summed E-state index contributed by atoms with van der Waals surface area (Å²) in [6.45, 7) is 3.17. The fourth-order valence-corrected chi connectivity index (χ4v) is 1.84. The second-order valence-corrected chi connectivity index (χ2v) is 5.10. The molecule has 0 aliphatic heterocycles. The monoisotopic (exact) mass is 298 g/mol. The fourth-order valence-electron chi connectivity index (χ4n) is 1.71. The van der Waals surface area contributed by atoms with Gasteiger partial charge in [0, 0.05) is 18.5 Å². The van der Waals surface area contributed by atoms with Crippen LogP contribution in [-0.4, -0.2) is 29.6 Å². The Morgan fingerprint density at radius 2 is 1.90 bits per heavy atom. The molecule has 0 heterocycles. The van der Waals surface area contributed by atoms with E-state index in [-0.39, 0.29) is 24.8 Å². The van der Waals surface area contributed by atoms with Gasteiger partial charge >= 0.3 is 0 Å². The zero-order chi connectivity index (χ0) is 15.1. The van der Waals surface area contributed by atoms with E-state index in [2.05, 4.69) is 10.6 Å². The summed E-state index contributed by atoms with van der Waals surface area (Å²) in [6.07, 6.45) is -0.498. The molecule has 1 rings (SSSR count). The third-order valence-corrected chi connectivity index (χ3v) is 2.89. The van der Waals surface area contributed by atoms with Crippen LogP contribution in [-0.2, 0) is 9.59 Å². The second kappa shape index (κ2) is 7.87. The second-order valence-electron chi connectivity index (χ2n) is 4.66. The Balaban J connectivity index is 2.71. The minimum atomic E-state index is -0.603. The molecule has 5 nitrogen and oxygen atoms in total. The van der Waals surface area contributed by atoms with E-state index in [9.17, 15) is 9.59 Å². The minimum Gasteiger partial charge on any atom is -0.392 e. The van der Waals surface area contributed by atoms with Crippen molar-refractivity contribution in [3.05, 3.63) is 34.9 Å². The minimum absolute atomic E-state index is 0.105. The average Bonchev–Trinajstić information content (AvgIpc) is 2.36. The predicted octanol–water partition coefficient (Wildman–Crippen LogP) is 1.40. The van der Waals surface area contributed by atoms with E-state index < -0.39 is 12.1 Å². The van der Waals surface area contributed by atoms with Crippen LogP contribution in [0.4, 0.5) is 0 Å². The molecule has 0 aliphatic carbocycles. The first-order valence-electron chi connectivity index (χ1n) is 6.36. The standard InChI is InChI=1S/C14H19ClN2O3/c1-9(18)8-16-14(20)7-13(17-10(2)19)11-3-5-12(15)6-4-11/h3-6,9,13,18H,7-8H2,1-2H3,(H,16,20)(H,17,19). The van der Waals surface area contributed by atoms with Gasteiger partial charge in [0.15, 0.2) is 0 Å². The Morgan fingerprint density at radius 3 is 2.40 bits per heavy atom. The average molecular weight is 299 g/mol. The van der Waals surface area contributed by atoms with E-state index in [4.69, 9.17) is 16.7 Å². The summed E-state index contributed by atoms with van der Waals surface area (Å²) >= 11 is 5.82. The molecule has 2 unspecified atom stereocenters. The molecule has 0 radical (unpaired) electrons. The van der Waals surface area contributed by atoms with E-state index in [1.807, 2.05) is 0 Å². The third-order valence-electron chi connectivity index (χ3n) is 2.63. The smallest absolute Gasteiger partial charge is 0.222 e. The van der Waals surface area contributed by atoms with Crippen LogP contribution in [0, 0.1) is 0 Å². The summed E-state index contributed by atoms with van der Waals surface area (Å²) in [5.74, 6) is -0.451. The van der Waals surface area contributed by atoms with Crippen molar-refractivity contribution < 1.29 is 14.7 Å². The Kier molecular flexibility index (Phi) is 6.48. The number of hydrogen-bond acceptors (Lipinski definition) is 3. The van der Waals surface area contributed by atoms with Crippen molar-refractivity contribution in [3.8, 4) is 0 Å². The van der Waals surface area contributed by atoms with Crippen molar-refractivity contribution in [1.82, 2.24) is 10.6 Å². The van der Waals surface area contributed by atoms with Crippen LogP contribution in [0.5, 0.6) is 0 Å². The molecule has 0 saturated carbocycles. The number of rotatable bonds is 6. The summed E-state index contributed by atoms with van der Waals surface area (Å²) in [5, 5.41) is 15.1. The Hall–Kier alpha value is -1.59. The molecule has 2 amide bonds. The molecule has 1 aromatic rings. The van der Waals surface area contributed by atoms with Crippen molar-refractivity contribution in [1.29, 1.82) is 0 Å². The van der Waals surface area contributed by atoms with Crippen LogP contribution < -0.4 is 10.6 Å². The zero-order valence-corrected chi connectivity index (χ0v) is 12.3. The molecular formula is C14H19ClN2O3. The molecule has 0 spiro atoms. The number of carbonyl (C=O) groups is 2. The lowest BCUT2D eigenvalue weighted by Crippen LogP contribution is -2.35. The number of amides is 2. The van der Waals surface area contributed by atoms with Crippen LogP contribution in [0.2, 0.25) is 5.02 Å². The molecule has 0 saturated heterocycles. The van der Waals surface area contributed by atoms with E-state index in [0.29, 0.717) is 5.02 Å². The predicted molar refractivity (Wildman–Crippen MR) is 77.3 cm³/mol. The van der Waals surface area contributed by atoms with Crippen LogP contribution in [0.15, 0.2) is 24.3 Å². The highest BCUT2D eigenvalue weighted by atomic mass is 35.5. The normalized spacial score (nSPS) is 13.4. The zero-order valence-electron chi connectivity index (χ0n) is 11.5. The summed E-state index contributed by atoms with van der Waals surface area (Å²) in [6, 6.07) is 6.54. The molecule has 2 atom stereocenters. The molecule has 0 fully saturated rings. The van der Waals surface area contributed by atoms with Crippen molar-refractivity contribution in [3.63, 3.8) is 0 Å². The maximum atomic E-state index is 11.8. The first kappa shape index (κ1) is 16.5. The Morgan fingerprint density at radius 1 is 1.30 bits per heavy atom. The van der Waals surface area contributed by atoms with Gasteiger partial charge < -0.3 is 15.7 Å². The van der Waals surface area contributed by atoms with Gasteiger partial charge in [-0.2, -0.15) is 0 Å². The number of carbonyl (C=O) groups excluding carboxylic acids is 2. The first-order chi connectivity index (χ1) is 9.38. The van der Waals surface area contributed by atoms with Crippen molar-refractivity contribution in [2.75, 3.05) is 6.54 Å². The topological polar surface area (TPSA) is 78.4 Å². The first-order valence-corrected chi connectivity index (χ1v) is 6.73. The summed E-state index contributed by atoms with van der Waals surface area (Å²) in [5.41, 5.74) is 0.803. The fraction of sp³-hybridized carbons (Fsp3) is 0.429. The van der Waals surface area contributed by atoms with Crippen LogP contribution >= 0.6 is 11.6 Å².